The largest absolute Gasteiger partial charge is 0.338 e. The molecule has 2 heterocycles. The molecule has 2 saturated heterocycles. The van der Waals surface area contributed by atoms with Crippen LogP contribution in [0.25, 0.3) is 0 Å². The highest BCUT2D eigenvalue weighted by atomic mass is 32.2. The molecule has 21 heavy (non-hydrogen) atoms. The smallest absolute Gasteiger partial charge is 0.317 e. The van der Waals surface area contributed by atoms with Crippen LogP contribution in [0.5, 0.6) is 0 Å². The summed E-state index contributed by atoms with van der Waals surface area (Å²) in [4.78, 5) is 13.6. The average molecular weight is 322 g/mol. The molecular weight excluding hydrogens is 302 g/mol. The van der Waals surface area contributed by atoms with Crippen LogP contribution in [-0.4, -0.2) is 56.4 Å². The van der Waals surface area contributed by atoms with E-state index in [9.17, 15) is 22.0 Å². The Balaban J connectivity index is 1.47. The number of fused-ring (bicyclic) bond motifs is 1. The van der Waals surface area contributed by atoms with Crippen LogP contribution >= 0.6 is 0 Å². The maximum atomic E-state index is 12.7. The maximum absolute atomic E-state index is 12.7. The lowest BCUT2D eigenvalue weighted by Gasteiger charge is -2.22. The summed E-state index contributed by atoms with van der Waals surface area (Å²) < 4.78 is 48.7. The van der Waals surface area contributed by atoms with Crippen LogP contribution in [0.1, 0.15) is 19.8 Å². The van der Waals surface area contributed by atoms with E-state index in [1.807, 2.05) is 6.92 Å². The molecule has 2 aliphatic heterocycles. The van der Waals surface area contributed by atoms with Crippen molar-refractivity contribution in [1.82, 2.24) is 10.2 Å². The molecule has 1 aliphatic carbocycles. The summed E-state index contributed by atoms with van der Waals surface area (Å²) in [7, 11) is -2.99. The van der Waals surface area contributed by atoms with Crippen LogP contribution in [0, 0.1) is 17.3 Å². The fourth-order valence-electron chi connectivity index (χ4n) is 3.60. The molecule has 0 aromatic rings. The molecule has 0 spiro atoms. The first kappa shape index (κ1) is 15.0. The van der Waals surface area contributed by atoms with E-state index in [-0.39, 0.29) is 41.8 Å². The van der Waals surface area contributed by atoms with Gasteiger partial charge in [-0.3, -0.25) is 0 Å². The van der Waals surface area contributed by atoms with Gasteiger partial charge in [0.05, 0.1) is 11.5 Å². The third kappa shape index (κ3) is 2.86. The van der Waals surface area contributed by atoms with Crippen molar-refractivity contribution in [3.05, 3.63) is 0 Å². The van der Waals surface area contributed by atoms with Crippen LogP contribution in [0.3, 0.4) is 0 Å². The monoisotopic (exact) mass is 322 g/mol. The van der Waals surface area contributed by atoms with Gasteiger partial charge in [-0.25, -0.2) is 22.0 Å². The summed E-state index contributed by atoms with van der Waals surface area (Å²) in [5.74, 6) is -2.89. The number of halogens is 2. The lowest BCUT2D eigenvalue weighted by atomic mass is 9.84. The predicted octanol–water partition coefficient (Wildman–Crippen LogP) is 1.11. The molecule has 1 unspecified atom stereocenters. The number of hydrogen-bond acceptors (Lipinski definition) is 3. The van der Waals surface area contributed by atoms with E-state index in [0.717, 1.165) is 0 Å². The molecule has 2 amide bonds. The minimum atomic E-state index is -2.99. The Bertz CT molecular complexity index is 566. The highest BCUT2D eigenvalue weighted by Crippen LogP contribution is 2.50. The Labute approximate surface area is 123 Å². The molecule has 1 saturated carbocycles. The average Bonchev–Trinajstić information content (AvgIpc) is 2.67. The number of sulfone groups is 1. The van der Waals surface area contributed by atoms with E-state index < -0.39 is 21.7 Å². The van der Waals surface area contributed by atoms with Crippen LogP contribution in [0.15, 0.2) is 0 Å². The van der Waals surface area contributed by atoms with Crippen molar-refractivity contribution in [1.29, 1.82) is 0 Å². The van der Waals surface area contributed by atoms with Crippen molar-refractivity contribution < 1.29 is 22.0 Å². The molecular formula is C13H20F2N2O3S. The van der Waals surface area contributed by atoms with Gasteiger partial charge in [-0.1, -0.05) is 6.92 Å². The van der Waals surface area contributed by atoms with Gasteiger partial charge in [0.2, 0.25) is 0 Å². The Morgan fingerprint density at radius 2 is 2.10 bits per heavy atom. The predicted molar refractivity (Wildman–Crippen MR) is 72.9 cm³/mol. The fraction of sp³-hybridized carbons (Fsp3) is 0.923. The van der Waals surface area contributed by atoms with Crippen molar-refractivity contribution in [2.75, 3.05) is 31.1 Å². The van der Waals surface area contributed by atoms with E-state index in [2.05, 4.69) is 5.32 Å². The number of likely N-dealkylation sites (tertiary alicyclic amines) is 1. The van der Waals surface area contributed by atoms with Crippen LogP contribution in [-0.2, 0) is 9.84 Å². The standard InChI is InChI=1S/C13H20F2N2O3S/c1-12-7-17(5-10(12)6-21(19,20)8-12)11(18)16-3-2-9-4-13(9,14)15/h9-10H,2-8H2,1H3,(H,16,18)/t9?,10-,12+/m0/s1. The third-order valence-electron chi connectivity index (χ3n) is 5.00. The fourth-order valence-corrected chi connectivity index (χ4v) is 6.17. The number of alkyl halides is 2. The zero-order valence-corrected chi connectivity index (χ0v) is 12.8. The highest BCUT2D eigenvalue weighted by molar-refractivity contribution is 7.91. The van der Waals surface area contributed by atoms with Gasteiger partial charge < -0.3 is 10.2 Å². The van der Waals surface area contributed by atoms with Crippen molar-refractivity contribution >= 4 is 15.9 Å². The molecule has 3 aliphatic rings. The lowest BCUT2D eigenvalue weighted by Crippen LogP contribution is -2.41. The lowest BCUT2D eigenvalue weighted by molar-refractivity contribution is 0.0969. The van der Waals surface area contributed by atoms with E-state index in [4.69, 9.17) is 0 Å². The Morgan fingerprint density at radius 1 is 1.43 bits per heavy atom. The molecule has 0 aromatic heterocycles. The number of carbonyl (C=O) groups excluding carboxylic acids is 1. The first-order valence-corrected chi connectivity index (χ1v) is 9.04. The molecule has 0 aromatic carbocycles. The van der Waals surface area contributed by atoms with Gasteiger partial charge in [-0.15, -0.1) is 0 Å². The molecule has 0 radical (unpaired) electrons. The molecule has 3 fully saturated rings. The minimum Gasteiger partial charge on any atom is -0.338 e. The van der Waals surface area contributed by atoms with Gasteiger partial charge in [0.25, 0.3) is 5.92 Å². The number of rotatable bonds is 3. The molecule has 120 valence electrons. The summed E-state index contributed by atoms with van der Waals surface area (Å²) in [6.07, 6.45) is 0.215. The van der Waals surface area contributed by atoms with Gasteiger partial charge in [-0.05, 0) is 12.3 Å². The van der Waals surface area contributed by atoms with Crippen LogP contribution in [0.2, 0.25) is 0 Å². The zero-order chi connectivity index (χ0) is 15.5. The first-order valence-electron chi connectivity index (χ1n) is 7.22. The van der Waals surface area contributed by atoms with E-state index in [1.54, 1.807) is 4.90 Å². The second-order valence-electron chi connectivity index (χ2n) is 6.97. The second-order valence-corrected chi connectivity index (χ2v) is 9.08. The van der Waals surface area contributed by atoms with E-state index >= 15 is 0 Å². The van der Waals surface area contributed by atoms with Gasteiger partial charge in [0.1, 0.15) is 0 Å². The van der Waals surface area contributed by atoms with E-state index in [0.29, 0.717) is 19.5 Å². The van der Waals surface area contributed by atoms with E-state index in [1.165, 1.54) is 0 Å². The van der Waals surface area contributed by atoms with Gasteiger partial charge in [0.15, 0.2) is 9.84 Å². The summed E-state index contributed by atoms with van der Waals surface area (Å²) in [5.41, 5.74) is -0.361. The Hall–Kier alpha value is -0.920. The number of nitrogens with one attached hydrogen (secondary N) is 1. The summed E-state index contributed by atoms with van der Waals surface area (Å²) in [6, 6.07) is -0.271. The number of urea groups is 1. The van der Waals surface area contributed by atoms with Crippen LogP contribution in [0.4, 0.5) is 13.6 Å². The summed E-state index contributed by atoms with van der Waals surface area (Å²) >= 11 is 0. The second kappa shape index (κ2) is 4.54. The SMILES string of the molecule is C[C@]12CN(C(=O)NCCC3CC3(F)F)C[C@H]1CS(=O)(=O)C2. The van der Waals surface area contributed by atoms with Gasteiger partial charge in [-0.2, -0.15) is 0 Å². The minimum absolute atomic E-state index is 0.0129. The Morgan fingerprint density at radius 3 is 2.67 bits per heavy atom. The first-order chi connectivity index (χ1) is 9.61. The summed E-state index contributed by atoms with van der Waals surface area (Å²) in [5, 5.41) is 2.67. The molecule has 0 bridgehead atoms. The number of carbonyl (C=O) groups is 1. The van der Waals surface area contributed by atoms with Gasteiger partial charge in [0, 0.05) is 37.4 Å². The normalized spacial score (nSPS) is 39.1. The molecule has 5 nitrogen and oxygen atoms in total. The number of nitrogens with zero attached hydrogens (tertiary/aromatic N) is 1. The van der Waals surface area contributed by atoms with Crippen molar-refractivity contribution in [2.24, 2.45) is 17.3 Å². The maximum Gasteiger partial charge on any atom is 0.317 e. The molecule has 3 atom stereocenters. The summed E-state index contributed by atoms with van der Waals surface area (Å²) in [6.45, 7) is 3.00. The van der Waals surface area contributed by atoms with Crippen molar-refractivity contribution in [3.8, 4) is 0 Å². The molecule has 1 N–H and O–H groups in total. The Kier molecular flexibility index (Phi) is 3.24. The molecule has 3 rings (SSSR count). The zero-order valence-electron chi connectivity index (χ0n) is 11.9. The van der Waals surface area contributed by atoms with Crippen molar-refractivity contribution in [2.45, 2.75) is 25.7 Å². The third-order valence-corrected chi connectivity index (χ3v) is 7.00. The quantitative estimate of drug-likeness (QED) is 0.846. The number of amides is 2. The molecule has 8 heteroatoms. The van der Waals surface area contributed by atoms with Crippen molar-refractivity contribution in [3.63, 3.8) is 0 Å². The topological polar surface area (TPSA) is 66.5 Å². The number of hydrogen-bond donors (Lipinski definition) is 1. The highest BCUT2D eigenvalue weighted by Gasteiger charge is 2.56. The van der Waals surface area contributed by atoms with Crippen LogP contribution < -0.4 is 5.32 Å². The van der Waals surface area contributed by atoms with Gasteiger partial charge >= 0.3 is 6.03 Å².